The lowest BCUT2D eigenvalue weighted by Gasteiger charge is -2.31. The van der Waals surface area contributed by atoms with Gasteiger partial charge < -0.3 is 20.1 Å². The molecule has 2 amide bonds. The van der Waals surface area contributed by atoms with E-state index < -0.39 is 5.79 Å². The van der Waals surface area contributed by atoms with E-state index in [0.717, 1.165) is 30.2 Å². The zero-order chi connectivity index (χ0) is 19.6. The molecule has 1 aliphatic carbocycles. The lowest BCUT2D eigenvalue weighted by atomic mass is 9.94. The fraction of sp³-hybridized carbons (Fsp3) is 0.333. The summed E-state index contributed by atoms with van der Waals surface area (Å²) in [6, 6.07) is 12.4. The highest BCUT2D eigenvalue weighted by atomic mass is 79.9. The number of hydrogen-bond acceptors (Lipinski definition) is 4. The van der Waals surface area contributed by atoms with Crippen molar-refractivity contribution in [1.29, 1.82) is 0 Å². The molecule has 0 unspecified atom stereocenters. The molecule has 6 nitrogen and oxygen atoms in total. The van der Waals surface area contributed by atoms with Crippen LogP contribution in [0.3, 0.4) is 0 Å². The molecule has 28 heavy (non-hydrogen) atoms. The Bertz CT molecular complexity index is 909. The Morgan fingerprint density at radius 2 is 1.79 bits per heavy atom. The van der Waals surface area contributed by atoms with E-state index in [1.54, 1.807) is 30.3 Å². The van der Waals surface area contributed by atoms with Crippen molar-refractivity contribution in [3.8, 4) is 11.5 Å². The van der Waals surface area contributed by atoms with Crippen molar-refractivity contribution >= 4 is 33.4 Å². The molecule has 2 N–H and O–H groups in total. The van der Waals surface area contributed by atoms with Crippen LogP contribution in [0.5, 0.6) is 11.5 Å². The highest BCUT2D eigenvalue weighted by molar-refractivity contribution is 9.10. The smallest absolute Gasteiger partial charge is 0.251 e. The molecule has 146 valence electrons. The SMILES string of the molecule is O=C(CNC(=O)c1cccc(Br)c1)Nc1ccc2c(c1)OC1(CCCCC1)O2. The molecule has 4 rings (SSSR count). The Morgan fingerprint density at radius 1 is 1.00 bits per heavy atom. The van der Waals surface area contributed by atoms with Gasteiger partial charge in [0.25, 0.3) is 11.7 Å². The third kappa shape index (κ3) is 4.14. The summed E-state index contributed by atoms with van der Waals surface area (Å²) >= 11 is 3.32. The second-order valence-electron chi connectivity index (χ2n) is 7.08. The summed E-state index contributed by atoms with van der Waals surface area (Å²) in [7, 11) is 0. The predicted octanol–water partition coefficient (Wildman–Crippen LogP) is 4.25. The molecule has 1 heterocycles. The summed E-state index contributed by atoms with van der Waals surface area (Å²) in [5.74, 6) is 0.206. The third-order valence-electron chi connectivity index (χ3n) is 4.93. The number of carbonyl (C=O) groups is 2. The van der Waals surface area contributed by atoms with E-state index >= 15 is 0 Å². The number of amides is 2. The molecule has 0 atom stereocenters. The standard InChI is InChI=1S/C21H21BrN2O4/c22-15-6-4-5-14(11-15)20(26)23-13-19(25)24-16-7-8-17-18(12-16)28-21(27-17)9-2-1-3-10-21/h4-8,11-12H,1-3,9-10,13H2,(H,23,26)(H,24,25). The molecule has 1 fully saturated rings. The molecule has 1 spiro atoms. The minimum atomic E-state index is -0.541. The monoisotopic (exact) mass is 444 g/mol. The zero-order valence-corrected chi connectivity index (χ0v) is 16.9. The molecule has 7 heteroatoms. The number of rotatable bonds is 4. The van der Waals surface area contributed by atoms with Crippen molar-refractivity contribution in [2.45, 2.75) is 37.9 Å². The van der Waals surface area contributed by atoms with E-state index in [4.69, 9.17) is 9.47 Å². The highest BCUT2D eigenvalue weighted by Gasteiger charge is 2.42. The van der Waals surface area contributed by atoms with Gasteiger partial charge in [-0.25, -0.2) is 0 Å². The van der Waals surface area contributed by atoms with Crippen molar-refractivity contribution in [3.05, 3.63) is 52.5 Å². The summed E-state index contributed by atoms with van der Waals surface area (Å²) in [5, 5.41) is 5.40. The van der Waals surface area contributed by atoms with Gasteiger partial charge in [0.05, 0.1) is 6.54 Å². The molecule has 0 bridgehead atoms. The first-order valence-corrected chi connectivity index (χ1v) is 10.2. The van der Waals surface area contributed by atoms with Gasteiger partial charge in [-0.3, -0.25) is 9.59 Å². The van der Waals surface area contributed by atoms with Crippen molar-refractivity contribution in [2.75, 3.05) is 11.9 Å². The van der Waals surface area contributed by atoms with Gasteiger partial charge in [-0.2, -0.15) is 0 Å². The van der Waals surface area contributed by atoms with Gasteiger partial charge in [0.1, 0.15) is 0 Å². The van der Waals surface area contributed by atoms with E-state index in [1.807, 2.05) is 12.1 Å². The number of hydrogen-bond donors (Lipinski definition) is 2. The van der Waals surface area contributed by atoms with Crippen molar-refractivity contribution < 1.29 is 19.1 Å². The van der Waals surface area contributed by atoms with Crippen LogP contribution in [-0.2, 0) is 4.79 Å². The quantitative estimate of drug-likeness (QED) is 0.738. The summed E-state index contributed by atoms with van der Waals surface area (Å²) in [6.45, 7) is -0.121. The summed E-state index contributed by atoms with van der Waals surface area (Å²) < 4.78 is 12.9. The second kappa shape index (κ2) is 7.83. The largest absolute Gasteiger partial charge is 0.448 e. The maximum atomic E-state index is 12.2. The van der Waals surface area contributed by atoms with Gasteiger partial charge in [-0.05, 0) is 43.2 Å². The molecule has 1 saturated carbocycles. The predicted molar refractivity (Wildman–Crippen MR) is 109 cm³/mol. The van der Waals surface area contributed by atoms with Gasteiger partial charge in [-0.1, -0.05) is 28.4 Å². The minimum absolute atomic E-state index is 0.121. The Labute approximate surface area is 171 Å². The van der Waals surface area contributed by atoms with Crippen LogP contribution in [0.2, 0.25) is 0 Å². The van der Waals surface area contributed by atoms with E-state index in [0.29, 0.717) is 22.7 Å². The molecule has 0 aromatic heterocycles. The fourth-order valence-corrected chi connectivity index (χ4v) is 3.96. The number of benzene rings is 2. The zero-order valence-electron chi connectivity index (χ0n) is 15.3. The molecular weight excluding hydrogens is 424 g/mol. The molecule has 0 saturated heterocycles. The molecule has 1 aliphatic heterocycles. The van der Waals surface area contributed by atoms with E-state index in [9.17, 15) is 9.59 Å². The van der Waals surface area contributed by atoms with E-state index in [-0.39, 0.29) is 18.4 Å². The fourth-order valence-electron chi connectivity index (χ4n) is 3.56. The molecule has 2 aromatic carbocycles. The van der Waals surface area contributed by atoms with Gasteiger partial charge in [0.2, 0.25) is 5.91 Å². The first-order valence-electron chi connectivity index (χ1n) is 9.39. The molecule has 2 aliphatic rings. The van der Waals surface area contributed by atoms with Gasteiger partial charge >= 0.3 is 0 Å². The first kappa shape index (κ1) is 18.8. The Morgan fingerprint density at radius 3 is 2.57 bits per heavy atom. The minimum Gasteiger partial charge on any atom is -0.448 e. The summed E-state index contributed by atoms with van der Waals surface area (Å²) in [6.07, 6.45) is 5.15. The first-order chi connectivity index (χ1) is 13.5. The number of ether oxygens (including phenoxy) is 2. The maximum absolute atomic E-state index is 12.2. The van der Waals surface area contributed by atoms with Crippen LogP contribution >= 0.6 is 15.9 Å². The number of nitrogens with one attached hydrogen (secondary N) is 2. The van der Waals surface area contributed by atoms with Gasteiger partial charge in [-0.15, -0.1) is 0 Å². The number of halogens is 1. The molecule has 2 aromatic rings. The van der Waals surface area contributed by atoms with Crippen LogP contribution in [0, 0.1) is 0 Å². The van der Waals surface area contributed by atoms with Crippen molar-refractivity contribution in [1.82, 2.24) is 5.32 Å². The van der Waals surface area contributed by atoms with Gasteiger partial charge in [0, 0.05) is 34.6 Å². The lowest BCUT2D eigenvalue weighted by Crippen LogP contribution is -2.40. The summed E-state index contributed by atoms with van der Waals surface area (Å²) in [4.78, 5) is 24.3. The molecule has 0 radical (unpaired) electrons. The Balaban J connectivity index is 1.33. The lowest BCUT2D eigenvalue weighted by molar-refractivity contribution is -0.115. The Hall–Kier alpha value is -2.54. The second-order valence-corrected chi connectivity index (χ2v) is 7.99. The average molecular weight is 445 g/mol. The van der Waals surface area contributed by atoms with Crippen LogP contribution < -0.4 is 20.1 Å². The normalized spacial score (nSPS) is 16.6. The number of carbonyl (C=O) groups excluding carboxylic acids is 2. The van der Waals surface area contributed by atoms with Gasteiger partial charge in [0.15, 0.2) is 11.5 Å². The van der Waals surface area contributed by atoms with E-state index in [1.165, 1.54) is 6.42 Å². The average Bonchev–Trinajstić information content (AvgIpc) is 3.03. The number of anilines is 1. The summed E-state index contributed by atoms with van der Waals surface area (Å²) in [5.41, 5.74) is 1.10. The van der Waals surface area contributed by atoms with E-state index in [2.05, 4.69) is 26.6 Å². The highest BCUT2D eigenvalue weighted by Crippen LogP contribution is 2.46. The Kier molecular flexibility index (Phi) is 5.26. The topological polar surface area (TPSA) is 76.7 Å². The van der Waals surface area contributed by atoms with Crippen LogP contribution in [0.15, 0.2) is 46.9 Å². The third-order valence-corrected chi connectivity index (χ3v) is 5.42. The van der Waals surface area contributed by atoms with Crippen LogP contribution in [0.4, 0.5) is 5.69 Å². The number of fused-ring (bicyclic) bond motifs is 1. The van der Waals surface area contributed by atoms with Crippen molar-refractivity contribution in [3.63, 3.8) is 0 Å². The molecular formula is C21H21BrN2O4. The van der Waals surface area contributed by atoms with Crippen LogP contribution in [0.1, 0.15) is 42.5 Å². The van der Waals surface area contributed by atoms with Crippen molar-refractivity contribution in [2.24, 2.45) is 0 Å². The van der Waals surface area contributed by atoms with Crippen LogP contribution in [0.25, 0.3) is 0 Å². The van der Waals surface area contributed by atoms with Crippen LogP contribution in [-0.4, -0.2) is 24.1 Å². The maximum Gasteiger partial charge on any atom is 0.251 e.